The van der Waals surface area contributed by atoms with E-state index in [1.807, 2.05) is 0 Å². The number of hydrogen-bond donors (Lipinski definition) is 0. The molecule has 1 aromatic heterocycles. The largest absolute Gasteiger partial charge is 0.296 e. The molecular formula is C15H12N2. The van der Waals surface area contributed by atoms with Gasteiger partial charge in [-0.2, -0.15) is 0 Å². The summed E-state index contributed by atoms with van der Waals surface area (Å²) in [5.74, 6) is 1.16. The molecule has 0 spiro atoms. The van der Waals surface area contributed by atoms with Crippen molar-refractivity contribution < 1.29 is 0 Å². The second-order valence-corrected chi connectivity index (χ2v) is 4.66. The van der Waals surface area contributed by atoms with Gasteiger partial charge in [0.05, 0.1) is 16.7 Å². The summed E-state index contributed by atoms with van der Waals surface area (Å²) in [4.78, 5) is 4.71. The number of benzene rings is 2. The normalized spacial score (nSPS) is 12.8. The van der Waals surface area contributed by atoms with Crippen molar-refractivity contribution in [1.29, 1.82) is 0 Å². The minimum Gasteiger partial charge on any atom is -0.296 e. The van der Waals surface area contributed by atoms with E-state index in [0.29, 0.717) is 0 Å². The van der Waals surface area contributed by atoms with Gasteiger partial charge in [-0.15, -0.1) is 0 Å². The average molecular weight is 220 g/mol. The molecule has 0 aliphatic carbocycles. The lowest BCUT2D eigenvalue weighted by Gasteiger charge is -2.03. The topological polar surface area (TPSA) is 17.8 Å². The zero-order valence-electron chi connectivity index (χ0n) is 9.64. The van der Waals surface area contributed by atoms with Crippen LogP contribution in [0, 0.1) is 6.92 Å². The monoisotopic (exact) mass is 220 g/mol. The highest BCUT2D eigenvalue weighted by Gasteiger charge is 2.21. The molecule has 82 valence electrons. The third kappa shape index (κ3) is 1.12. The minimum absolute atomic E-state index is 0.948. The first-order valence-electron chi connectivity index (χ1n) is 5.89. The Morgan fingerprint density at radius 3 is 2.94 bits per heavy atom. The fourth-order valence-electron chi connectivity index (χ4n) is 2.67. The van der Waals surface area contributed by atoms with Gasteiger partial charge in [0.25, 0.3) is 0 Å². The molecule has 2 heterocycles. The first-order valence-corrected chi connectivity index (χ1v) is 5.89. The first kappa shape index (κ1) is 8.99. The minimum atomic E-state index is 0.948. The molecule has 0 fully saturated rings. The summed E-state index contributed by atoms with van der Waals surface area (Å²) in [6, 6.07) is 15.0. The van der Waals surface area contributed by atoms with Crippen LogP contribution in [0.2, 0.25) is 0 Å². The predicted octanol–water partition coefficient (Wildman–Crippen LogP) is 3.24. The Labute approximate surface area is 99.5 Å². The molecule has 2 aromatic carbocycles. The van der Waals surface area contributed by atoms with E-state index in [2.05, 4.69) is 54.0 Å². The average Bonchev–Trinajstić information content (AvgIpc) is 2.84. The quantitative estimate of drug-likeness (QED) is 0.445. The van der Waals surface area contributed by atoms with Gasteiger partial charge in [-0.05, 0) is 36.2 Å². The van der Waals surface area contributed by atoms with E-state index in [4.69, 9.17) is 4.98 Å². The summed E-state index contributed by atoms with van der Waals surface area (Å²) in [6.45, 7) is 2.13. The van der Waals surface area contributed by atoms with Crippen LogP contribution in [0.4, 0.5) is 0 Å². The fraction of sp³-hybridized carbons (Fsp3) is 0.133. The van der Waals surface area contributed by atoms with Crippen molar-refractivity contribution in [3.63, 3.8) is 0 Å². The van der Waals surface area contributed by atoms with Crippen molar-refractivity contribution in [3.8, 4) is 5.69 Å². The van der Waals surface area contributed by atoms with Crippen LogP contribution >= 0.6 is 0 Å². The number of imidazole rings is 1. The Kier molecular flexibility index (Phi) is 1.57. The van der Waals surface area contributed by atoms with Crippen LogP contribution in [0.25, 0.3) is 16.7 Å². The summed E-state index contributed by atoms with van der Waals surface area (Å²) in [5, 5.41) is 0. The van der Waals surface area contributed by atoms with Gasteiger partial charge in [0, 0.05) is 6.42 Å². The molecule has 2 nitrogen and oxygen atoms in total. The molecule has 0 atom stereocenters. The highest BCUT2D eigenvalue weighted by atomic mass is 15.1. The fourth-order valence-corrected chi connectivity index (χ4v) is 2.67. The molecule has 2 heteroatoms. The molecule has 3 aromatic rings. The van der Waals surface area contributed by atoms with Gasteiger partial charge < -0.3 is 0 Å². The third-order valence-electron chi connectivity index (χ3n) is 3.46. The van der Waals surface area contributed by atoms with Crippen molar-refractivity contribution in [2.45, 2.75) is 13.3 Å². The second kappa shape index (κ2) is 2.98. The first-order chi connectivity index (χ1) is 8.33. The maximum absolute atomic E-state index is 4.71. The summed E-state index contributed by atoms with van der Waals surface area (Å²) < 4.78 is 2.29. The van der Waals surface area contributed by atoms with Gasteiger partial charge in [-0.1, -0.05) is 24.3 Å². The number of aromatic nitrogens is 2. The molecule has 0 saturated heterocycles. The van der Waals surface area contributed by atoms with E-state index in [1.165, 1.54) is 22.3 Å². The highest BCUT2D eigenvalue weighted by molar-refractivity contribution is 5.80. The Balaban J connectivity index is 2.13. The van der Waals surface area contributed by atoms with Crippen LogP contribution in [0.5, 0.6) is 0 Å². The van der Waals surface area contributed by atoms with E-state index >= 15 is 0 Å². The number of aryl methyl sites for hydroxylation is 1. The third-order valence-corrected chi connectivity index (χ3v) is 3.46. The van der Waals surface area contributed by atoms with E-state index in [9.17, 15) is 0 Å². The van der Waals surface area contributed by atoms with E-state index < -0.39 is 0 Å². The van der Waals surface area contributed by atoms with E-state index in [0.717, 1.165) is 17.8 Å². The molecule has 0 amide bonds. The van der Waals surface area contributed by atoms with Gasteiger partial charge in [0.2, 0.25) is 0 Å². The Morgan fingerprint density at radius 2 is 2.00 bits per heavy atom. The predicted molar refractivity (Wildman–Crippen MR) is 68.6 cm³/mol. The van der Waals surface area contributed by atoms with Crippen LogP contribution in [0.3, 0.4) is 0 Å². The van der Waals surface area contributed by atoms with Crippen molar-refractivity contribution in [2.75, 3.05) is 0 Å². The SMILES string of the molecule is Cc1ccc2nc3n(c2c1)-c1ccccc1C3. The molecule has 0 unspecified atom stereocenters. The summed E-state index contributed by atoms with van der Waals surface area (Å²) in [5.41, 5.74) is 6.27. The summed E-state index contributed by atoms with van der Waals surface area (Å²) in [6.07, 6.45) is 0.948. The Hall–Kier alpha value is -2.09. The number of hydrogen-bond acceptors (Lipinski definition) is 1. The number of rotatable bonds is 0. The number of fused-ring (bicyclic) bond motifs is 5. The van der Waals surface area contributed by atoms with Crippen LogP contribution in [0.15, 0.2) is 42.5 Å². The van der Waals surface area contributed by atoms with E-state index in [1.54, 1.807) is 0 Å². The van der Waals surface area contributed by atoms with Crippen LogP contribution in [0.1, 0.15) is 17.0 Å². The molecular weight excluding hydrogens is 208 g/mol. The molecule has 0 N–H and O–H groups in total. The Bertz CT molecular complexity index is 738. The van der Waals surface area contributed by atoms with Gasteiger partial charge in [0.1, 0.15) is 5.82 Å². The molecule has 0 radical (unpaired) electrons. The van der Waals surface area contributed by atoms with Gasteiger partial charge in [-0.25, -0.2) is 4.98 Å². The zero-order chi connectivity index (χ0) is 11.4. The van der Waals surface area contributed by atoms with Crippen molar-refractivity contribution >= 4 is 11.0 Å². The smallest absolute Gasteiger partial charge is 0.118 e. The van der Waals surface area contributed by atoms with Crippen molar-refractivity contribution in [3.05, 3.63) is 59.4 Å². The van der Waals surface area contributed by atoms with Crippen molar-refractivity contribution in [2.24, 2.45) is 0 Å². The van der Waals surface area contributed by atoms with Crippen LogP contribution in [-0.2, 0) is 6.42 Å². The number of para-hydroxylation sites is 1. The molecule has 1 aliphatic rings. The molecule has 0 bridgehead atoms. The molecule has 4 rings (SSSR count). The maximum Gasteiger partial charge on any atom is 0.118 e. The molecule has 17 heavy (non-hydrogen) atoms. The lowest BCUT2D eigenvalue weighted by Crippen LogP contribution is -1.91. The Morgan fingerprint density at radius 1 is 1.12 bits per heavy atom. The molecule has 1 aliphatic heterocycles. The van der Waals surface area contributed by atoms with Gasteiger partial charge in [-0.3, -0.25) is 4.57 Å². The maximum atomic E-state index is 4.71. The standard InChI is InChI=1S/C15H12N2/c1-10-6-7-12-14(8-10)17-13-5-3-2-4-11(13)9-15(17)16-12/h2-8H,9H2,1H3. The lowest BCUT2D eigenvalue weighted by atomic mass is 10.1. The van der Waals surface area contributed by atoms with Gasteiger partial charge >= 0.3 is 0 Å². The van der Waals surface area contributed by atoms with Crippen molar-refractivity contribution in [1.82, 2.24) is 9.55 Å². The van der Waals surface area contributed by atoms with Crippen LogP contribution < -0.4 is 0 Å². The lowest BCUT2D eigenvalue weighted by molar-refractivity contribution is 1.02. The summed E-state index contributed by atoms with van der Waals surface area (Å²) in [7, 11) is 0. The number of nitrogens with zero attached hydrogens (tertiary/aromatic N) is 2. The van der Waals surface area contributed by atoms with E-state index in [-0.39, 0.29) is 0 Å². The highest BCUT2D eigenvalue weighted by Crippen LogP contribution is 2.31. The second-order valence-electron chi connectivity index (χ2n) is 4.66. The summed E-state index contributed by atoms with van der Waals surface area (Å²) >= 11 is 0. The zero-order valence-corrected chi connectivity index (χ0v) is 9.64. The molecule has 0 saturated carbocycles. The van der Waals surface area contributed by atoms with Crippen LogP contribution in [-0.4, -0.2) is 9.55 Å². The van der Waals surface area contributed by atoms with Gasteiger partial charge in [0.15, 0.2) is 0 Å².